The van der Waals surface area contributed by atoms with E-state index in [1.165, 1.54) is 70.6 Å². The Morgan fingerprint density at radius 2 is 1.04 bits per heavy atom. The first-order chi connectivity index (χ1) is 26.0. The lowest BCUT2D eigenvalue weighted by Crippen LogP contribution is -2.46. The van der Waals surface area contributed by atoms with Crippen molar-refractivity contribution in [3.63, 3.8) is 0 Å². The molecule has 0 spiro atoms. The van der Waals surface area contributed by atoms with Gasteiger partial charge in [-0.3, -0.25) is 9.59 Å². The van der Waals surface area contributed by atoms with Gasteiger partial charge in [-0.25, -0.2) is 0 Å². The second-order valence-corrected chi connectivity index (χ2v) is 15.1. The molecule has 6 heteroatoms. The van der Waals surface area contributed by atoms with Crippen molar-refractivity contribution in [2.24, 2.45) is 0 Å². The normalized spacial score (nSPS) is 13.8. The number of unbranched alkanes of at least 4 members (excludes halogenated alkanes) is 19. The number of allylic oxidation sites excluding steroid dienone is 8. The molecule has 0 aromatic carbocycles. The minimum atomic E-state index is -0.790. The van der Waals surface area contributed by atoms with Crippen LogP contribution in [0.3, 0.4) is 0 Å². The monoisotopic (exact) mass is 744 g/mol. The number of hydrogen-bond donors (Lipinski definition) is 3. The fourth-order valence-electron chi connectivity index (χ4n) is 6.48. The smallest absolute Gasteiger partial charge is 0.306 e. The van der Waals surface area contributed by atoms with Crippen molar-refractivity contribution in [2.45, 2.75) is 232 Å². The number of carbonyl (C=O) groups excluding carboxylic acids is 2. The third-order valence-corrected chi connectivity index (χ3v) is 9.89. The minimum absolute atomic E-state index is 0.0605. The molecule has 1 amide bonds. The Bertz CT molecular complexity index is 926. The maximum absolute atomic E-state index is 13.1. The largest absolute Gasteiger partial charge is 0.462 e. The first-order valence-electron chi connectivity index (χ1n) is 22.4. The summed E-state index contributed by atoms with van der Waals surface area (Å²) in [4.78, 5) is 25.9. The molecule has 0 rings (SSSR count). The molecule has 0 fully saturated rings. The summed E-state index contributed by atoms with van der Waals surface area (Å²) in [5.74, 6) is -0.510. The molecule has 0 saturated heterocycles. The number of aliphatic hydroxyl groups is 2. The molecule has 0 bridgehead atoms. The van der Waals surface area contributed by atoms with Crippen molar-refractivity contribution in [3.05, 3.63) is 48.6 Å². The number of amides is 1. The highest BCUT2D eigenvalue weighted by atomic mass is 16.5. The fourth-order valence-corrected chi connectivity index (χ4v) is 6.48. The van der Waals surface area contributed by atoms with Crippen LogP contribution in [0.15, 0.2) is 48.6 Å². The molecule has 0 heterocycles. The molecule has 0 aromatic rings. The van der Waals surface area contributed by atoms with E-state index in [0.717, 1.165) is 96.3 Å². The molecule has 0 radical (unpaired) electrons. The highest BCUT2D eigenvalue weighted by Crippen LogP contribution is 2.17. The molecule has 3 atom stereocenters. The zero-order valence-electron chi connectivity index (χ0n) is 34.9. The maximum Gasteiger partial charge on any atom is 0.306 e. The van der Waals surface area contributed by atoms with Gasteiger partial charge in [0.1, 0.15) is 6.10 Å². The molecule has 3 N–H and O–H groups in total. The number of hydrogen-bond acceptors (Lipinski definition) is 5. The molecule has 308 valence electrons. The predicted molar refractivity (Wildman–Crippen MR) is 227 cm³/mol. The molecule has 0 saturated carbocycles. The van der Waals surface area contributed by atoms with E-state index in [9.17, 15) is 19.8 Å². The van der Waals surface area contributed by atoms with Crippen LogP contribution in [0.4, 0.5) is 0 Å². The standard InChI is InChI=1S/C47H85NO5/c1-4-7-10-13-16-19-20-21-22-23-24-25-28-31-34-37-40-47(52)53-43(38-35-32-29-26-17-14-11-8-5-2)41-46(51)48-44(42-49)45(50)39-36-33-30-27-18-15-12-9-6-3/h7,10,14,16-17,19,21-22,43-45,49-50H,4-6,8-9,11-13,15,18,20,23-42H2,1-3H3,(H,48,51)/b10-7+,17-14-,19-16+,22-21+. The van der Waals surface area contributed by atoms with E-state index in [-0.39, 0.29) is 24.9 Å². The van der Waals surface area contributed by atoms with Gasteiger partial charge in [0, 0.05) is 6.42 Å². The van der Waals surface area contributed by atoms with Crippen LogP contribution >= 0.6 is 0 Å². The van der Waals surface area contributed by atoms with Gasteiger partial charge in [0.2, 0.25) is 5.91 Å². The summed E-state index contributed by atoms with van der Waals surface area (Å²) in [7, 11) is 0. The van der Waals surface area contributed by atoms with Crippen molar-refractivity contribution in [2.75, 3.05) is 6.61 Å². The lowest BCUT2D eigenvalue weighted by atomic mass is 10.0. The molecule has 0 aromatic heterocycles. The van der Waals surface area contributed by atoms with E-state index in [1.54, 1.807) is 0 Å². The third-order valence-electron chi connectivity index (χ3n) is 9.89. The van der Waals surface area contributed by atoms with Crippen LogP contribution in [0, 0.1) is 0 Å². The fraction of sp³-hybridized carbons (Fsp3) is 0.787. The first-order valence-corrected chi connectivity index (χ1v) is 22.4. The number of ether oxygens (including phenoxy) is 1. The second-order valence-electron chi connectivity index (χ2n) is 15.1. The van der Waals surface area contributed by atoms with Crippen LogP contribution in [0.1, 0.15) is 213 Å². The number of nitrogens with one attached hydrogen (secondary N) is 1. The summed E-state index contributed by atoms with van der Waals surface area (Å²) < 4.78 is 5.87. The van der Waals surface area contributed by atoms with E-state index >= 15 is 0 Å². The lowest BCUT2D eigenvalue weighted by Gasteiger charge is -2.24. The van der Waals surface area contributed by atoms with Gasteiger partial charge in [0.15, 0.2) is 0 Å². The Morgan fingerprint density at radius 3 is 1.64 bits per heavy atom. The van der Waals surface area contributed by atoms with Crippen molar-refractivity contribution in [1.29, 1.82) is 0 Å². The van der Waals surface area contributed by atoms with Gasteiger partial charge in [-0.2, -0.15) is 0 Å². The average Bonchev–Trinajstić information content (AvgIpc) is 3.15. The van der Waals surface area contributed by atoms with E-state index < -0.39 is 18.2 Å². The van der Waals surface area contributed by atoms with Gasteiger partial charge in [-0.05, 0) is 77.0 Å². The van der Waals surface area contributed by atoms with Gasteiger partial charge in [0.05, 0.1) is 25.2 Å². The number of rotatable bonds is 39. The van der Waals surface area contributed by atoms with E-state index in [4.69, 9.17) is 4.74 Å². The van der Waals surface area contributed by atoms with Gasteiger partial charge in [-0.1, -0.05) is 172 Å². The number of aliphatic hydroxyl groups excluding tert-OH is 2. The SMILES string of the molecule is CC/C=C/C/C=C/C/C=C/CCCCCCCCC(=O)OC(CCCCC/C=C\CCCC)CC(=O)NC(CO)C(O)CCCCCCCCCCC. The molecule has 3 unspecified atom stereocenters. The average molecular weight is 744 g/mol. The van der Waals surface area contributed by atoms with E-state index in [2.05, 4.69) is 74.7 Å². The molecular formula is C47H85NO5. The molecule has 0 aliphatic heterocycles. The summed E-state index contributed by atoms with van der Waals surface area (Å²) in [6.07, 6.45) is 47.5. The molecule has 0 aliphatic carbocycles. The van der Waals surface area contributed by atoms with Crippen LogP contribution in [0.25, 0.3) is 0 Å². The quantitative estimate of drug-likeness (QED) is 0.0331. The van der Waals surface area contributed by atoms with Crippen LogP contribution in [0.5, 0.6) is 0 Å². The summed E-state index contributed by atoms with van der Waals surface area (Å²) in [6.45, 7) is 6.28. The van der Waals surface area contributed by atoms with Crippen molar-refractivity contribution < 1.29 is 24.5 Å². The van der Waals surface area contributed by atoms with Gasteiger partial charge >= 0.3 is 5.97 Å². The van der Waals surface area contributed by atoms with Crippen molar-refractivity contribution in [1.82, 2.24) is 5.32 Å². The van der Waals surface area contributed by atoms with E-state index in [1.807, 2.05) is 0 Å². The molecular weight excluding hydrogens is 659 g/mol. The zero-order chi connectivity index (χ0) is 38.9. The third kappa shape index (κ3) is 36.6. The van der Waals surface area contributed by atoms with Crippen LogP contribution in [0.2, 0.25) is 0 Å². The first kappa shape index (κ1) is 50.8. The van der Waals surface area contributed by atoms with E-state index in [0.29, 0.717) is 19.3 Å². The van der Waals surface area contributed by atoms with Crippen molar-refractivity contribution in [3.8, 4) is 0 Å². The molecule has 6 nitrogen and oxygen atoms in total. The van der Waals surface area contributed by atoms with Crippen LogP contribution in [-0.2, 0) is 14.3 Å². The number of esters is 1. The Kier molecular flexibility index (Phi) is 39.3. The molecule has 0 aliphatic rings. The Morgan fingerprint density at radius 1 is 0.566 bits per heavy atom. The summed E-state index contributed by atoms with van der Waals surface area (Å²) in [6, 6.07) is -0.705. The topological polar surface area (TPSA) is 95.9 Å². The Hall–Kier alpha value is -2.18. The van der Waals surface area contributed by atoms with Crippen LogP contribution in [-0.4, -0.2) is 46.9 Å². The van der Waals surface area contributed by atoms with Gasteiger partial charge in [-0.15, -0.1) is 0 Å². The second kappa shape index (κ2) is 41.0. The zero-order valence-corrected chi connectivity index (χ0v) is 34.9. The molecule has 53 heavy (non-hydrogen) atoms. The number of carbonyl (C=O) groups is 2. The van der Waals surface area contributed by atoms with Crippen molar-refractivity contribution >= 4 is 11.9 Å². The predicted octanol–water partition coefficient (Wildman–Crippen LogP) is 12.7. The Labute approximate surface area is 327 Å². The maximum atomic E-state index is 13.1. The van der Waals surface area contributed by atoms with Gasteiger partial charge < -0.3 is 20.3 Å². The highest BCUT2D eigenvalue weighted by Gasteiger charge is 2.24. The van der Waals surface area contributed by atoms with Gasteiger partial charge in [0.25, 0.3) is 0 Å². The highest BCUT2D eigenvalue weighted by molar-refractivity contribution is 5.77. The van der Waals surface area contributed by atoms with Crippen LogP contribution < -0.4 is 5.32 Å². The Balaban J connectivity index is 4.55. The lowest BCUT2D eigenvalue weighted by molar-refractivity contribution is -0.151. The summed E-state index contributed by atoms with van der Waals surface area (Å²) in [5.41, 5.74) is 0. The summed E-state index contributed by atoms with van der Waals surface area (Å²) in [5, 5.41) is 23.5. The minimum Gasteiger partial charge on any atom is -0.462 e. The summed E-state index contributed by atoms with van der Waals surface area (Å²) >= 11 is 0.